The first-order valence-electron chi connectivity index (χ1n) is 8.77. The fourth-order valence-electron chi connectivity index (χ4n) is 7.31. The van der Waals surface area contributed by atoms with Crippen molar-refractivity contribution in [2.75, 3.05) is 0 Å². The number of fused-ring (bicyclic) bond motifs is 3. The topological polar surface area (TPSA) is 35.5 Å². The van der Waals surface area contributed by atoms with Gasteiger partial charge in [-0.2, -0.15) is 0 Å². The lowest BCUT2D eigenvalue weighted by molar-refractivity contribution is -0.173. The molecular formula is C18H26O3. The van der Waals surface area contributed by atoms with Gasteiger partial charge in [-0.3, -0.25) is 4.79 Å². The lowest BCUT2D eigenvalue weighted by Crippen LogP contribution is -2.43. The molecule has 0 bridgehead atoms. The number of hydrogen-bond donors (Lipinski definition) is 0. The minimum absolute atomic E-state index is 0.0558. The summed E-state index contributed by atoms with van der Waals surface area (Å²) in [5.41, 5.74) is 0.188. The molecule has 5 aliphatic rings. The Balaban J connectivity index is 1.60. The Kier molecular flexibility index (Phi) is 2.22. The second kappa shape index (κ2) is 3.56. The van der Waals surface area contributed by atoms with Crippen molar-refractivity contribution >= 4 is 5.78 Å². The standard InChI is InChI=1S/C18H26O3/c1-16(2)20-12-8-10-4-6-13-17(3)11(5-7-14(17)19)9-18(10,13)15(12)21-16/h10-13,15H,4-9H2,1-3H3/t10-,11+,12+,13+,15+,17+,18-/m0/s1. The van der Waals surface area contributed by atoms with E-state index in [0.29, 0.717) is 17.6 Å². The molecule has 116 valence electrons. The van der Waals surface area contributed by atoms with Crippen LogP contribution in [0.2, 0.25) is 0 Å². The van der Waals surface area contributed by atoms with Gasteiger partial charge in [0.2, 0.25) is 0 Å². The summed E-state index contributed by atoms with van der Waals surface area (Å²) in [5.74, 6) is 1.97. The zero-order valence-electron chi connectivity index (χ0n) is 13.4. The second-order valence-corrected chi connectivity index (χ2v) is 8.92. The van der Waals surface area contributed by atoms with Gasteiger partial charge in [-0.1, -0.05) is 6.92 Å². The molecule has 1 saturated heterocycles. The first-order chi connectivity index (χ1) is 9.88. The fourth-order valence-corrected chi connectivity index (χ4v) is 7.31. The van der Waals surface area contributed by atoms with Gasteiger partial charge in [0.05, 0.1) is 12.2 Å². The summed E-state index contributed by atoms with van der Waals surface area (Å²) >= 11 is 0. The minimum atomic E-state index is -0.440. The number of hydrogen-bond acceptors (Lipinski definition) is 3. The average Bonchev–Trinajstić information content (AvgIpc) is 3.08. The Morgan fingerprint density at radius 3 is 2.67 bits per heavy atom. The molecule has 5 rings (SSSR count). The predicted molar refractivity (Wildman–Crippen MR) is 77.5 cm³/mol. The van der Waals surface area contributed by atoms with Crippen molar-refractivity contribution in [3.63, 3.8) is 0 Å². The molecule has 5 fully saturated rings. The van der Waals surface area contributed by atoms with Crippen LogP contribution in [0.5, 0.6) is 0 Å². The number of ketones is 1. The minimum Gasteiger partial charge on any atom is -0.345 e. The highest BCUT2D eigenvalue weighted by atomic mass is 16.8. The van der Waals surface area contributed by atoms with Crippen LogP contribution in [0, 0.1) is 28.6 Å². The van der Waals surface area contributed by atoms with Gasteiger partial charge >= 0.3 is 0 Å². The summed E-state index contributed by atoms with van der Waals surface area (Å²) in [6.07, 6.45) is 7.31. The van der Waals surface area contributed by atoms with E-state index in [-0.39, 0.29) is 23.0 Å². The number of carbonyl (C=O) groups is 1. The highest BCUT2D eigenvalue weighted by molar-refractivity contribution is 5.88. The van der Waals surface area contributed by atoms with E-state index < -0.39 is 5.79 Å². The van der Waals surface area contributed by atoms with Crippen LogP contribution in [0.3, 0.4) is 0 Å². The first-order valence-corrected chi connectivity index (χ1v) is 8.77. The monoisotopic (exact) mass is 290 g/mol. The summed E-state index contributed by atoms with van der Waals surface area (Å²) in [6, 6.07) is 0. The van der Waals surface area contributed by atoms with Crippen molar-refractivity contribution in [1.29, 1.82) is 0 Å². The SMILES string of the molecule is CC1(C)O[C@@H]2[C@@H](C[C@@H]3CC[C@@H]4[C@]5(C)C(=O)CC[C@@H]5C[C@@]324)O1. The van der Waals surface area contributed by atoms with Crippen LogP contribution >= 0.6 is 0 Å². The van der Waals surface area contributed by atoms with E-state index >= 15 is 0 Å². The van der Waals surface area contributed by atoms with E-state index in [1.165, 1.54) is 19.3 Å². The third-order valence-electron chi connectivity index (χ3n) is 7.94. The number of ether oxygens (including phenoxy) is 2. The van der Waals surface area contributed by atoms with Crippen molar-refractivity contribution in [2.24, 2.45) is 28.6 Å². The van der Waals surface area contributed by atoms with Crippen molar-refractivity contribution in [1.82, 2.24) is 0 Å². The summed E-state index contributed by atoms with van der Waals surface area (Å²) in [5, 5.41) is 0. The Morgan fingerprint density at radius 1 is 1.05 bits per heavy atom. The molecule has 0 N–H and O–H groups in total. The zero-order chi connectivity index (χ0) is 14.6. The van der Waals surface area contributed by atoms with Gasteiger partial charge in [0.1, 0.15) is 5.78 Å². The van der Waals surface area contributed by atoms with E-state index in [4.69, 9.17) is 9.47 Å². The van der Waals surface area contributed by atoms with E-state index in [1.807, 2.05) is 13.8 Å². The maximum absolute atomic E-state index is 12.7. The predicted octanol–water partition coefficient (Wildman–Crippen LogP) is 3.31. The van der Waals surface area contributed by atoms with Gasteiger partial charge in [0.15, 0.2) is 5.79 Å². The van der Waals surface area contributed by atoms with Crippen LogP contribution in [-0.4, -0.2) is 23.8 Å². The Morgan fingerprint density at radius 2 is 1.86 bits per heavy atom. The third kappa shape index (κ3) is 1.29. The molecule has 1 spiro atoms. The molecule has 1 heterocycles. The van der Waals surface area contributed by atoms with Gasteiger partial charge in [0.25, 0.3) is 0 Å². The van der Waals surface area contributed by atoms with Crippen molar-refractivity contribution in [3.8, 4) is 0 Å². The van der Waals surface area contributed by atoms with E-state index in [9.17, 15) is 4.79 Å². The van der Waals surface area contributed by atoms with Crippen LogP contribution in [0.25, 0.3) is 0 Å². The Hall–Kier alpha value is -0.410. The first kappa shape index (κ1) is 13.1. The molecule has 0 aromatic rings. The molecule has 4 saturated carbocycles. The van der Waals surface area contributed by atoms with Crippen LogP contribution in [-0.2, 0) is 14.3 Å². The van der Waals surface area contributed by atoms with Crippen molar-refractivity contribution in [3.05, 3.63) is 0 Å². The fraction of sp³-hybridized carbons (Fsp3) is 0.944. The van der Waals surface area contributed by atoms with Crippen LogP contribution < -0.4 is 0 Å². The van der Waals surface area contributed by atoms with Gasteiger partial charge in [0, 0.05) is 17.3 Å². The van der Waals surface area contributed by atoms with Gasteiger partial charge in [-0.15, -0.1) is 0 Å². The molecule has 0 radical (unpaired) electrons. The molecule has 0 aromatic carbocycles. The maximum atomic E-state index is 12.7. The quantitative estimate of drug-likeness (QED) is 0.686. The van der Waals surface area contributed by atoms with Crippen LogP contribution in [0.15, 0.2) is 0 Å². The zero-order valence-corrected chi connectivity index (χ0v) is 13.4. The molecule has 4 aliphatic carbocycles. The van der Waals surface area contributed by atoms with E-state index in [1.54, 1.807) is 0 Å². The summed E-state index contributed by atoms with van der Waals surface area (Å²) in [6.45, 7) is 6.37. The van der Waals surface area contributed by atoms with Crippen LogP contribution in [0.1, 0.15) is 59.3 Å². The summed E-state index contributed by atoms with van der Waals surface area (Å²) in [7, 11) is 0. The second-order valence-electron chi connectivity index (χ2n) is 8.92. The number of rotatable bonds is 0. The number of Topliss-reactive ketones (excluding diaryl/α,β-unsaturated/α-hetero) is 1. The molecule has 0 aromatic heterocycles. The molecule has 1 aliphatic heterocycles. The normalized spacial score (nSPS) is 60.0. The largest absolute Gasteiger partial charge is 0.345 e. The Bertz CT molecular complexity index is 527. The maximum Gasteiger partial charge on any atom is 0.163 e. The van der Waals surface area contributed by atoms with E-state index in [0.717, 1.165) is 25.2 Å². The number of carbonyl (C=O) groups excluding carboxylic acids is 1. The highest BCUT2D eigenvalue weighted by Gasteiger charge is 2.75. The van der Waals surface area contributed by atoms with Gasteiger partial charge in [-0.25, -0.2) is 0 Å². The lowest BCUT2D eigenvalue weighted by Gasteiger charge is -2.39. The van der Waals surface area contributed by atoms with E-state index in [2.05, 4.69) is 6.92 Å². The van der Waals surface area contributed by atoms with Crippen LogP contribution in [0.4, 0.5) is 0 Å². The Labute approximate surface area is 126 Å². The molecule has 3 nitrogen and oxygen atoms in total. The highest BCUT2D eigenvalue weighted by Crippen LogP contribution is 2.75. The van der Waals surface area contributed by atoms with Crippen molar-refractivity contribution < 1.29 is 14.3 Å². The molecule has 3 heteroatoms. The van der Waals surface area contributed by atoms with Gasteiger partial charge < -0.3 is 9.47 Å². The molecule has 21 heavy (non-hydrogen) atoms. The average molecular weight is 290 g/mol. The molecule has 7 atom stereocenters. The van der Waals surface area contributed by atoms with Gasteiger partial charge in [-0.05, 0) is 63.7 Å². The summed E-state index contributed by atoms with van der Waals surface area (Å²) in [4.78, 5) is 12.7. The smallest absolute Gasteiger partial charge is 0.163 e. The lowest BCUT2D eigenvalue weighted by atomic mass is 9.67. The van der Waals surface area contributed by atoms with Crippen molar-refractivity contribution in [2.45, 2.75) is 77.3 Å². The molecular weight excluding hydrogens is 264 g/mol. The third-order valence-corrected chi connectivity index (χ3v) is 7.94. The molecule has 0 unspecified atom stereocenters. The molecule has 0 amide bonds. The summed E-state index contributed by atoms with van der Waals surface area (Å²) < 4.78 is 12.6.